The number of nitriles is 1. The second-order valence-electron chi connectivity index (χ2n) is 4.18. The molecule has 0 aliphatic carbocycles. The Hall–Kier alpha value is -1.69. The van der Waals surface area contributed by atoms with E-state index in [1.54, 1.807) is 19.1 Å². The highest BCUT2D eigenvalue weighted by Crippen LogP contribution is 2.24. The minimum Gasteiger partial charge on any atom is -0.298 e. The van der Waals surface area contributed by atoms with Crippen LogP contribution in [0, 0.1) is 23.1 Å². The third-order valence-corrected chi connectivity index (χ3v) is 2.84. The van der Waals surface area contributed by atoms with E-state index < -0.39 is 11.7 Å². The van der Waals surface area contributed by atoms with Crippen LogP contribution in [0.4, 0.5) is 4.39 Å². The van der Waals surface area contributed by atoms with Crippen molar-refractivity contribution >= 4 is 5.78 Å². The molecule has 2 unspecified atom stereocenters. The van der Waals surface area contributed by atoms with Crippen LogP contribution >= 0.6 is 0 Å². The minimum absolute atomic E-state index is 0.183. The van der Waals surface area contributed by atoms with Crippen molar-refractivity contribution in [1.82, 2.24) is 0 Å². The Morgan fingerprint density at radius 3 is 2.65 bits per heavy atom. The lowest BCUT2D eigenvalue weighted by Gasteiger charge is -2.14. The maximum Gasteiger partial charge on any atom is 0.157 e. The molecule has 0 N–H and O–H groups in total. The Labute approximate surface area is 101 Å². The van der Waals surface area contributed by atoms with Crippen molar-refractivity contribution in [2.75, 3.05) is 0 Å². The van der Waals surface area contributed by atoms with Gasteiger partial charge in [-0.1, -0.05) is 38.5 Å². The number of hydrogen-bond donors (Lipinski definition) is 0. The smallest absolute Gasteiger partial charge is 0.157 e. The second-order valence-corrected chi connectivity index (χ2v) is 4.18. The maximum atomic E-state index is 13.5. The average Bonchev–Trinajstić information content (AvgIpc) is 2.32. The fourth-order valence-electron chi connectivity index (χ4n) is 1.86. The van der Waals surface area contributed by atoms with E-state index in [-0.39, 0.29) is 17.3 Å². The number of rotatable bonds is 5. The second kappa shape index (κ2) is 6.15. The van der Waals surface area contributed by atoms with Crippen molar-refractivity contribution < 1.29 is 9.18 Å². The zero-order chi connectivity index (χ0) is 12.8. The third-order valence-electron chi connectivity index (χ3n) is 2.84. The van der Waals surface area contributed by atoms with Crippen LogP contribution in [0.15, 0.2) is 24.3 Å². The van der Waals surface area contributed by atoms with Gasteiger partial charge in [0.05, 0.1) is 6.07 Å². The minimum atomic E-state index is -0.988. The molecule has 2 nitrogen and oxygen atoms in total. The van der Waals surface area contributed by atoms with Crippen molar-refractivity contribution in [3.8, 4) is 6.07 Å². The van der Waals surface area contributed by atoms with Gasteiger partial charge in [-0.05, 0) is 12.5 Å². The van der Waals surface area contributed by atoms with Crippen LogP contribution in [0.1, 0.15) is 38.2 Å². The summed E-state index contributed by atoms with van der Waals surface area (Å²) in [5.74, 6) is -1.88. The lowest BCUT2D eigenvalue weighted by molar-refractivity contribution is -0.122. The summed E-state index contributed by atoms with van der Waals surface area (Å²) in [6.07, 6.45) is 1.60. The molecule has 0 bridgehead atoms. The molecule has 0 heterocycles. The lowest BCUT2D eigenvalue weighted by Crippen LogP contribution is -2.19. The molecule has 90 valence electrons. The molecular weight excluding hydrogens is 217 g/mol. The van der Waals surface area contributed by atoms with Crippen LogP contribution in [0.25, 0.3) is 0 Å². The SMILES string of the molecule is CCCC(C)C(=O)C(C#N)c1ccccc1F. The number of ketones is 1. The molecule has 0 amide bonds. The van der Waals surface area contributed by atoms with Crippen molar-refractivity contribution in [3.63, 3.8) is 0 Å². The predicted octanol–water partition coefficient (Wildman–Crippen LogP) is 3.44. The number of carbonyl (C=O) groups is 1. The molecule has 0 fully saturated rings. The first-order chi connectivity index (χ1) is 8.11. The quantitative estimate of drug-likeness (QED) is 0.781. The Balaban J connectivity index is 2.98. The molecule has 1 aromatic carbocycles. The van der Waals surface area contributed by atoms with Gasteiger partial charge in [0.2, 0.25) is 0 Å². The van der Waals surface area contributed by atoms with E-state index in [0.29, 0.717) is 0 Å². The Bertz CT molecular complexity index is 436. The van der Waals surface area contributed by atoms with E-state index >= 15 is 0 Å². The molecule has 0 aliphatic heterocycles. The van der Waals surface area contributed by atoms with Crippen LogP contribution in [0.3, 0.4) is 0 Å². The molecule has 0 aromatic heterocycles. The van der Waals surface area contributed by atoms with Crippen LogP contribution in [0.5, 0.6) is 0 Å². The largest absolute Gasteiger partial charge is 0.298 e. The number of nitrogens with zero attached hydrogens (tertiary/aromatic N) is 1. The number of halogens is 1. The first-order valence-corrected chi connectivity index (χ1v) is 5.79. The van der Waals surface area contributed by atoms with Gasteiger partial charge in [0.25, 0.3) is 0 Å². The molecule has 2 atom stereocenters. The van der Waals surface area contributed by atoms with E-state index in [0.717, 1.165) is 12.8 Å². The van der Waals surface area contributed by atoms with E-state index in [9.17, 15) is 9.18 Å². The Kier molecular flexibility index (Phi) is 4.84. The number of Topliss-reactive ketones (excluding diaryl/α,β-unsaturated/α-hetero) is 1. The van der Waals surface area contributed by atoms with Crippen LogP contribution in [-0.2, 0) is 4.79 Å². The molecule has 0 radical (unpaired) electrons. The van der Waals surface area contributed by atoms with Crippen LogP contribution in [0.2, 0.25) is 0 Å². The fraction of sp³-hybridized carbons (Fsp3) is 0.429. The summed E-state index contributed by atoms with van der Waals surface area (Å²) in [6.45, 7) is 3.77. The topological polar surface area (TPSA) is 40.9 Å². The Morgan fingerprint density at radius 2 is 2.12 bits per heavy atom. The lowest BCUT2D eigenvalue weighted by atomic mass is 9.87. The van der Waals surface area contributed by atoms with E-state index in [2.05, 4.69) is 0 Å². The van der Waals surface area contributed by atoms with Gasteiger partial charge in [-0.2, -0.15) is 5.26 Å². The molecular formula is C14H16FNO. The first-order valence-electron chi connectivity index (χ1n) is 5.79. The van der Waals surface area contributed by atoms with Crippen molar-refractivity contribution in [1.29, 1.82) is 5.26 Å². The highest BCUT2D eigenvalue weighted by molar-refractivity contribution is 5.90. The summed E-state index contributed by atoms with van der Waals surface area (Å²) in [7, 11) is 0. The highest BCUT2D eigenvalue weighted by atomic mass is 19.1. The molecule has 0 aliphatic rings. The van der Waals surface area contributed by atoms with Crippen LogP contribution < -0.4 is 0 Å². The van der Waals surface area contributed by atoms with Crippen molar-refractivity contribution in [2.24, 2.45) is 5.92 Å². The van der Waals surface area contributed by atoms with Gasteiger partial charge in [0, 0.05) is 11.5 Å². The highest BCUT2D eigenvalue weighted by Gasteiger charge is 2.26. The molecule has 3 heteroatoms. The maximum absolute atomic E-state index is 13.5. The summed E-state index contributed by atoms with van der Waals surface area (Å²) >= 11 is 0. The predicted molar refractivity (Wildman–Crippen MR) is 63.8 cm³/mol. The molecule has 1 rings (SSSR count). The average molecular weight is 233 g/mol. The Morgan fingerprint density at radius 1 is 1.47 bits per heavy atom. The summed E-state index contributed by atoms with van der Waals surface area (Å²) in [4.78, 5) is 12.0. The van der Waals surface area contributed by atoms with Crippen LogP contribution in [-0.4, -0.2) is 5.78 Å². The first kappa shape index (κ1) is 13.4. The van der Waals surface area contributed by atoms with Gasteiger partial charge >= 0.3 is 0 Å². The molecule has 1 aromatic rings. The monoisotopic (exact) mass is 233 g/mol. The standard InChI is InChI=1S/C14H16FNO/c1-3-6-10(2)14(17)12(9-16)11-7-4-5-8-13(11)15/h4-5,7-8,10,12H,3,6H2,1-2H3. The van der Waals surface area contributed by atoms with Gasteiger partial charge in [-0.3, -0.25) is 4.79 Å². The summed E-state index contributed by atoms with van der Waals surface area (Å²) in [5.41, 5.74) is 0.183. The van der Waals surface area contributed by atoms with Gasteiger partial charge in [0.15, 0.2) is 5.78 Å². The molecule has 0 saturated heterocycles. The number of carbonyl (C=O) groups excluding carboxylic acids is 1. The third kappa shape index (κ3) is 3.13. The molecule has 17 heavy (non-hydrogen) atoms. The fourth-order valence-corrected chi connectivity index (χ4v) is 1.86. The zero-order valence-corrected chi connectivity index (χ0v) is 10.1. The number of benzene rings is 1. The van der Waals surface area contributed by atoms with Gasteiger partial charge in [-0.25, -0.2) is 4.39 Å². The van der Waals surface area contributed by atoms with Gasteiger partial charge < -0.3 is 0 Å². The summed E-state index contributed by atoms with van der Waals surface area (Å²) in [6, 6.07) is 7.87. The van der Waals surface area contributed by atoms with Gasteiger partial charge in [0.1, 0.15) is 11.7 Å². The molecule has 0 spiro atoms. The zero-order valence-electron chi connectivity index (χ0n) is 10.1. The van der Waals surface area contributed by atoms with Crippen molar-refractivity contribution in [2.45, 2.75) is 32.6 Å². The van der Waals surface area contributed by atoms with Crippen molar-refractivity contribution in [3.05, 3.63) is 35.6 Å². The summed E-state index contributed by atoms with van der Waals surface area (Å²) < 4.78 is 13.5. The van der Waals surface area contributed by atoms with E-state index in [4.69, 9.17) is 5.26 Å². The van der Waals surface area contributed by atoms with Gasteiger partial charge in [-0.15, -0.1) is 0 Å². The van der Waals surface area contributed by atoms with E-state index in [1.165, 1.54) is 12.1 Å². The number of hydrogen-bond acceptors (Lipinski definition) is 2. The summed E-state index contributed by atoms with van der Waals surface area (Å²) in [5, 5.41) is 9.05. The molecule has 0 saturated carbocycles. The van der Waals surface area contributed by atoms with E-state index in [1.807, 2.05) is 13.0 Å². The normalized spacial score (nSPS) is 13.8.